The Balaban J connectivity index is 1.52. The van der Waals surface area contributed by atoms with Crippen molar-refractivity contribution in [3.63, 3.8) is 0 Å². The van der Waals surface area contributed by atoms with Crippen LogP contribution < -0.4 is 10.2 Å². The van der Waals surface area contributed by atoms with Gasteiger partial charge >= 0.3 is 0 Å². The number of carbonyl (C=O) groups excluding carboxylic acids is 1. The first-order valence-corrected chi connectivity index (χ1v) is 9.57. The quantitative estimate of drug-likeness (QED) is 0.707. The number of rotatable bonds is 5. The third-order valence-corrected chi connectivity index (χ3v) is 5.07. The standard InChI is InChI=1S/C20H20ClN5O2/c1-13-17(18(25-28-13)15-6-2-3-7-16(15)21)19(27)23-12-14-8-9-22-20(24-14)26-10-4-5-11-26/h2-3,6-9H,4-5,10-12H2,1H3,(H,23,27). The van der Waals surface area contributed by atoms with Crippen molar-refractivity contribution in [1.29, 1.82) is 0 Å². The van der Waals surface area contributed by atoms with Gasteiger partial charge in [-0.25, -0.2) is 9.97 Å². The Bertz CT molecular complexity index is 998. The van der Waals surface area contributed by atoms with Crippen molar-refractivity contribution >= 4 is 23.5 Å². The third-order valence-electron chi connectivity index (χ3n) is 4.74. The fourth-order valence-electron chi connectivity index (χ4n) is 3.29. The molecular formula is C20H20ClN5O2. The van der Waals surface area contributed by atoms with Gasteiger partial charge in [-0.05, 0) is 31.9 Å². The first-order valence-electron chi connectivity index (χ1n) is 9.19. The van der Waals surface area contributed by atoms with Crippen molar-refractivity contribution in [1.82, 2.24) is 20.4 Å². The molecule has 144 valence electrons. The fourth-order valence-corrected chi connectivity index (χ4v) is 3.51. The van der Waals surface area contributed by atoms with E-state index in [0.29, 0.717) is 33.6 Å². The molecule has 1 aliphatic heterocycles. The minimum atomic E-state index is -0.282. The van der Waals surface area contributed by atoms with Crippen molar-refractivity contribution in [3.05, 3.63) is 58.6 Å². The van der Waals surface area contributed by atoms with E-state index in [1.54, 1.807) is 25.3 Å². The zero-order valence-electron chi connectivity index (χ0n) is 15.5. The number of aromatic nitrogens is 3. The Hall–Kier alpha value is -2.93. The predicted molar refractivity (Wildman–Crippen MR) is 106 cm³/mol. The molecule has 1 amide bonds. The van der Waals surface area contributed by atoms with Crippen LogP contribution >= 0.6 is 11.6 Å². The number of amides is 1. The Kier molecular flexibility index (Phi) is 5.25. The SMILES string of the molecule is Cc1onc(-c2ccccc2Cl)c1C(=O)NCc1ccnc(N2CCCC2)n1. The maximum atomic E-state index is 12.8. The number of nitrogens with one attached hydrogen (secondary N) is 1. The normalized spacial score (nSPS) is 13.7. The average Bonchev–Trinajstić information content (AvgIpc) is 3.37. The predicted octanol–water partition coefficient (Wildman–Crippen LogP) is 3.62. The molecule has 0 atom stereocenters. The largest absolute Gasteiger partial charge is 0.360 e. The van der Waals surface area contributed by atoms with Crippen LogP contribution in [0, 0.1) is 6.92 Å². The van der Waals surface area contributed by atoms with Crippen LogP contribution in [0.2, 0.25) is 5.02 Å². The molecule has 0 bridgehead atoms. The molecule has 1 aliphatic rings. The van der Waals surface area contributed by atoms with E-state index in [1.807, 2.05) is 18.2 Å². The summed E-state index contributed by atoms with van der Waals surface area (Å²) in [4.78, 5) is 23.9. The van der Waals surface area contributed by atoms with Crippen LogP contribution in [-0.2, 0) is 6.54 Å². The zero-order chi connectivity index (χ0) is 19.5. The molecule has 4 rings (SSSR count). The lowest BCUT2D eigenvalue weighted by molar-refractivity contribution is 0.0949. The van der Waals surface area contributed by atoms with Gasteiger partial charge < -0.3 is 14.7 Å². The van der Waals surface area contributed by atoms with E-state index in [4.69, 9.17) is 16.1 Å². The number of carbonyl (C=O) groups is 1. The van der Waals surface area contributed by atoms with E-state index in [-0.39, 0.29) is 12.5 Å². The molecule has 1 aromatic carbocycles. The van der Waals surface area contributed by atoms with Gasteiger partial charge in [0.15, 0.2) is 0 Å². The highest BCUT2D eigenvalue weighted by Gasteiger charge is 2.23. The first-order chi connectivity index (χ1) is 13.6. The number of anilines is 1. The summed E-state index contributed by atoms with van der Waals surface area (Å²) in [6.07, 6.45) is 4.03. The van der Waals surface area contributed by atoms with Gasteiger partial charge in [0.2, 0.25) is 5.95 Å². The van der Waals surface area contributed by atoms with Gasteiger partial charge in [0.25, 0.3) is 5.91 Å². The van der Waals surface area contributed by atoms with E-state index < -0.39 is 0 Å². The monoisotopic (exact) mass is 397 g/mol. The van der Waals surface area contributed by atoms with Crippen molar-refractivity contribution in [2.45, 2.75) is 26.3 Å². The van der Waals surface area contributed by atoms with Crippen LogP contribution in [-0.4, -0.2) is 34.1 Å². The van der Waals surface area contributed by atoms with E-state index in [0.717, 1.165) is 31.6 Å². The van der Waals surface area contributed by atoms with E-state index in [1.165, 1.54) is 0 Å². The van der Waals surface area contributed by atoms with Gasteiger partial charge in [0, 0.05) is 24.8 Å². The number of nitrogens with zero attached hydrogens (tertiary/aromatic N) is 4. The molecule has 0 saturated carbocycles. The Morgan fingerprint density at radius 2 is 2.04 bits per heavy atom. The zero-order valence-corrected chi connectivity index (χ0v) is 16.2. The molecule has 1 N–H and O–H groups in total. The summed E-state index contributed by atoms with van der Waals surface area (Å²) in [7, 11) is 0. The summed E-state index contributed by atoms with van der Waals surface area (Å²) in [6, 6.07) is 9.03. The average molecular weight is 398 g/mol. The maximum Gasteiger partial charge on any atom is 0.257 e. The summed E-state index contributed by atoms with van der Waals surface area (Å²) < 4.78 is 5.26. The number of halogens is 1. The highest BCUT2D eigenvalue weighted by Crippen LogP contribution is 2.30. The Morgan fingerprint density at radius 1 is 1.25 bits per heavy atom. The van der Waals surface area contributed by atoms with Gasteiger partial charge in [-0.1, -0.05) is 35.0 Å². The van der Waals surface area contributed by atoms with E-state index >= 15 is 0 Å². The summed E-state index contributed by atoms with van der Waals surface area (Å²) in [6.45, 7) is 3.93. The molecule has 2 aromatic heterocycles. The van der Waals surface area contributed by atoms with Gasteiger partial charge in [-0.15, -0.1) is 0 Å². The summed E-state index contributed by atoms with van der Waals surface area (Å²) in [5.41, 5.74) is 2.21. The molecule has 0 radical (unpaired) electrons. The molecule has 0 unspecified atom stereocenters. The first kappa shape index (κ1) is 18.4. The summed E-state index contributed by atoms with van der Waals surface area (Å²) in [5.74, 6) is 0.866. The van der Waals surface area contributed by atoms with Crippen LogP contribution in [0.5, 0.6) is 0 Å². The lowest BCUT2D eigenvalue weighted by atomic mass is 10.1. The smallest absolute Gasteiger partial charge is 0.257 e. The van der Waals surface area contributed by atoms with Crippen LogP contribution in [0.3, 0.4) is 0 Å². The minimum absolute atomic E-state index is 0.282. The molecular weight excluding hydrogens is 378 g/mol. The molecule has 3 aromatic rings. The number of hydrogen-bond donors (Lipinski definition) is 1. The van der Waals surface area contributed by atoms with Crippen molar-refractivity contribution in [2.75, 3.05) is 18.0 Å². The topological polar surface area (TPSA) is 84.2 Å². The molecule has 28 heavy (non-hydrogen) atoms. The van der Waals surface area contributed by atoms with Gasteiger partial charge in [-0.3, -0.25) is 4.79 Å². The molecule has 1 fully saturated rings. The number of hydrogen-bond acceptors (Lipinski definition) is 6. The van der Waals surface area contributed by atoms with Crippen LogP contribution in [0.1, 0.15) is 34.7 Å². The van der Waals surface area contributed by atoms with E-state index in [9.17, 15) is 4.79 Å². The second-order valence-corrected chi connectivity index (χ2v) is 7.07. The van der Waals surface area contributed by atoms with Gasteiger partial charge in [0.1, 0.15) is 17.0 Å². The minimum Gasteiger partial charge on any atom is -0.360 e. The summed E-state index contributed by atoms with van der Waals surface area (Å²) in [5, 5.41) is 7.45. The fraction of sp³-hybridized carbons (Fsp3) is 0.300. The second kappa shape index (κ2) is 7.98. The number of benzene rings is 1. The van der Waals surface area contributed by atoms with Crippen LogP contribution in [0.15, 0.2) is 41.1 Å². The lowest BCUT2D eigenvalue weighted by Gasteiger charge is -2.15. The Labute approximate surface area is 167 Å². The molecule has 7 nitrogen and oxygen atoms in total. The number of aryl methyl sites for hydroxylation is 1. The molecule has 0 aliphatic carbocycles. The van der Waals surface area contributed by atoms with Crippen LogP contribution in [0.4, 0.5) is 5.95 Å². The van der Waals surface area contributed by atoms with Gasteiger partial charge in [-0.2, -0.15) is 0 Å². The third kappa shape index (κ3) is 3.71. The molecule has 1 saturated heterocycles. The van der Waals surface area contributed by atoms with Gasteiger partial charge in [0.05, 0.1) is 17.3 Å². The van der Waals surface area contributed by atoms with Crippen LogP contribution in [0.25, 0.3) is 11.3 Å². The maximum absolute atomic E-state index is 12.8. The van der Waals surface area contributed by atoms with E-state index in [2.05, 4.69) is 25.3 Å². The highest BCUT2D eigenvalue weighted by atomic mass is 35.5. The molecule has 8 heteroatoms. The molecule has 0 spiro atoms. The van der Waals surface area contributed by atoms with Crippen molar-refractivity contribution < 1.29 is 9.32 Å². The van der Waals surface area contributed by atoms with Crippen molar-refractivity contribution in [2.24, 2.45) is 0 Å². The second-order valence-electron chi connectivity index (χ2n) is 6.67. The van der Waals surface area contributed by atoms with Crippen molar-refractivity contribution in [3.8, 4) is 11.3 Å². The highest BCUT2D eigenvalue weighted by molar-refractivity contribution is 6.33. The molecule has 3 heterocycles. The lowest BCUT2D eigenvalue weighted by Crippen LogP contribution is -2.25. The Morgan fingerprint density at radius 3 is 2.82 bits per heavy atom. The summed E-state index contributed by atoms with van der Waals surface area (Å²) >= 11 is 6.26.